The number of nitrogens with one attached hydrogen (secondary N) is 2. The van der Waals surface area contributed by atoms with E-state index in [4.69, 9.17) is 0 Å². The minimum Gasteiger partial charge on any atom is -0.508 e. The third-order valence-corrected chi connectivity index (χ3v) is 5.32. The van der Waals surface area contributed by atoms with Crippen molar-refractivity contribution in [3.63, 3.8) is 0 Å². The molecule has 3 rings (SSSR count). The van der Waals surface area contributed by atoms with E-state index in [0.717, 1.165) is 11.5 Å². The van der Waals surface area contributed by atoms with Crippen molar-refractivity contribution in [1.29, 1.82) is 0 Å². The average molecular weight is 437 g/mol. The Morgan fingerprint density at radius 2 is 2.06 bits per heavy atom. The van der Waals surface area contributed by atoms with Crippen LogP contribution in [0.4, 0.5) is 5.69 Å². The summed E-state index contributed by atoms with van der Waals surface area (Å²) in [7, 11) is 0. The van der Waals surface area contributed by atoms with Crippen molar-refractivity contribution in [1.82, 2.24) is 20.2 Å². The molecule has 1 atom stereocenters. The SMILES string of the molecule is C=CCn1c(CNc2ccccc2)nnc1SC(C)C(=O)N/N=C/c1cccc(O)c1. The van der Waals surface area contributed by atoms with Gasteiger partial charge in [0.05, 0.1) is 18.0 Å². The first-order chi connectivity index (χ1) is 15.1. The lowest BCUT2D eigenvalue weighted by molar-refractivity contribution is -0.120. The molecule has 0 saturated carbocycles. The minimum absolute atomic E-state index is 0.137. The molecule has 8 nitrogen and oxygen atoms in total. The number of hydrogen-bond acceptors (Lipinski definition) is 7. The van der Waals surface area contributed by atoms with Crippen LogP contribution in [0.3, 0.4) is 0 Å². The molecule has 3 aromatic rings. The normalized spacial score (nSPS) is 11.9. The summed E-state index contributed by atoms with van der Waals surface area (Å²) >= 11 is 1.30. The molecule has 1 amide bonds. The predicted octanol–water partition coefficient (Wildman–Crippen LogP) is 3.41. The third-order valence-electron chi connectivity index (χ3n) is 4.24. The number of para-hydroxylation sites is 1. The third kappa shape index (κ3) is 6.45. The Morgan fingerprint density at radius 3 is 2.81 bits per heavy atom. The van der Waals surface area contributed by atoms with E-state index >= 15 is 0 Å². The second-order valence-corrected chi connectivity index (χ2v) is 7.91. The zero-order valence-corrected chi connectivity index (χ0v) is 17.9. The van der Waals surface area contributed by atoms with Gasteiger partial charge in [0.15, 0.2) is 11.0 Å². The van der Waals surface area contributed by atoms with E-state index in [1.165, 1.54) is 18.0 Å². The van der Waals surface area contributed by atoms with Gasteiger partial charge in [0.2, 0.25) is 0 Å². The van der Waals surface area contributed by atoms with Crippen LogP contribution in [-0.2, 0) is 17.9 Å². The number of carbonyl (C=O) groups excluding carboxylic acids is 1. The van der Waals surface area contributed by atoms with Gasteiger partial charge in [-0.15, -0.1) is 16.8 Å². The van der Waals surface area contributed by atoms with Crippen molar-refractivity contribution in [2.24, 2.45) is 5.10 Å². The van der Waals surface area contributed by atoms with Gasteiger partial charge >= 0.3 is 0 Å². The lowest BCUT2D eigenvalue weighted by Crippen LogP contribution is -2.27. The van der Waals surface area contributed by atoms with Crippen LogP contribution in [0, 0.1) is 0 Å². The Kier molecular flexibility index (Phi) is 7.83. The summed E-state index contributed by atoms with van der Waals surface area (Å²) in [5.41, 5.74) is 4.18. The van der Waals surface area contributed by atoms with Gasteiger partial charge in [-0.25, -0.2) is 5.43 Å². The number of phenols is 1. The lowest BCUT2D eigenvalue weighted by atomic mass is 10.2. The molecule has 2 aromatic carbocycles. The Bertz CT molecular complexity index is 1050. The highest BCUT2D eigenvalue weighted by Crippen LogP contribution is 2.23. The van der Waals surface area contributed by atoms with E-state index in [2.05, 4.69) is 32.6 Å². The number of benzene rings is 2. The van der Waals surface area contributed by atoms with E-state index in [1.807, 2.05) is 34.9 Å². The molecule has 0 bridgehead atoms. The van der Waals surface area contributed by atoms with E-state index in [-0.39, 0.29) is 11.7 Å². The number of phenolic OH excluding ortho intramolecular Hbond substituents is 1. The topological polar surface area (TPSA) is 104 Å². The molecule has 160 valence electrons. The first-order valence-electron chi connectivity index (χ1n) is 9.67. The highest BCUT2D eigenvalue weighted by molar-refractivity contribution is 8.00. The molecule has 0 aliphatic carbocycles. The van der Waals surface area contributed by atoms with Crippen molar-refractivity contribution in [3.8, 4) is 5.75 Å². The van der Waals surface area contributed by atoms with Crippen LogP contribution in [0.2, 0.25) is 0 Å². The second kappa shape index (κ2) is 11.0. The fourth-order valence-corrected chi connectivity index (χ4v) is 3.54. The largest absolute Gasteiger partial charge is 0.508 e. The average Bonchev–Trinajstić information content (AvgIpc) is 3.14. The number of aromatic hydroxyl groups is 1. The molecule has 0 aliphatic heterocycles. The van der Waals surface area contributed by atoms with Crippen LogP contribution in [0.1, 0.15) is 18.3 Å². The van der Waals surface area contributed by atoms with Crippen LogP contribution in [0.25, 0.3) is 0 Å². The van der Waals surface area contributed by atoms with Crippen LogP contribution in [0.15, 0.2) is 77.5 Å². The number of rotatable bonds is 10. The molecule has 31 heavy (non-hydrogen) atoms. The standard InChI is InChI=1S/C22H24N6O2S/c1-3-12-28-20(15-23-18-9-5-4-6-10-18)25-27-22(28)31-16(2)21(30)26-24-14-17-8-7-11-19(29)13-17/h3-11,13-14,16,23,29H,1,12,15H2,2H3,(H,26,30)/b24-14+. The summed E-state index contributed by atoms with van der Waals surface area (Å²) in [4.78, 5) is 12.4. The fourth-order valence-electron chi connectivity index (χ4n) is 2.66. The zero-order chi connectivity index (χ0) is 22.1. The van der Waals surface area contributed by atoms with E-state index in [1.54, 1.807) is 37.3 Å². The van der Waals surface area contributed by atoms with Crippen LogP contribution in [-0.4, -0.2) is 37.2 Å². The second-order valence-electron chi connectivity index (χ2n) is 6.61. The molecular weight excluding hydrogens is 412 g/mol. The van der Waals surface area contributed by atoms with Gasteiger partial charge in [-0.05, 0) is 36.8 Å². The predicted molar refractivity (Wildman–Crippen MR) is 123 cm³/mol. The molecule has 1 aromatic heterocycles. The summed E-state index contributed by atoms with van der Waals surface area (Å²) in [5.74, 6) is 0.623. The molecule has 0 saturated heterocycles. The molecule has 0 fully saturated rings. The molecule has 0 radical (unpaired) electrons. The Hall–Kier alpha value is -3.59. The van der Waals surface area contributed by atoms with Crippen LogP contribution in [0.5, 0.6) is 5.75 Å². The first-order valence-corrected chi connectivity index (χ1v) is 10.6. The van der Waals surface area contributed by atoms with Crippen molar-refractivity contribution in [2.45, 2.75) is 30.4 Å². The number of anilines is 1. The van der Waals surface area contributed by atoms with Crippen molar-refractivity contribution < 1.29 is 9.90 Å². The number of thioether (sulfide) groups is 1. The molecular formula is C22H24N6O2S. The van der Waals surface area contributed by atoms with Gasteiger partial charge < -0.3 is 15.0 Å². The summed E-state index contributed by atoms with van der Waals surface area (Å²) < 4.78 is 1.92. The molecule has 1 unspecified atom stereocenters. The fraction of sp³-hybridized carbons (Fsp3) is 0.182. The minimum atomic E-state index is -0.441. The maximum absolute atomic E-state index is 12.4. The van der Waals surface area contributed by atoms with Gasteiger partial charge in [0.1, 0.15) is 5.75 Å². The van der Waals surface area contributed by atoms with Gasteiger partial charge in [-0.2, -0.15) is 5.10 Å². The monoisotopic (exact) mass is 436 g/mol. The summed E-state index contributed by atoms with van der Waals surface area (Å²) in [6.45, 7) is 6.61. The van der Waals surface area contributed by atoms with Crippen molar-refractivity contribution >= 4 is 29.6 Å². The summed E-state index contributed by atoms with van der Waals surface area (Å²) in [6, 6.07) is 16.4. The molecule has 0 spiro atoms. The zero-order valence-electron chi connectivity index (χ0n) is 17.1. The first kappa shape index (κ1) is 22.1. The lowest BCUT2D eigenvalue weighted by Gasteiger charge is -2.12. The maximum atomic E-state index is 12.4. The smallest absolute Gasteiger partial charge is 0.253 e. The Labute approximate surface area is 185 Å². The molecule has 1 heterocycles. The van der Waals surface area contributed by atoms with E-state index < -0.39 is 5.25 Å². The Morgan fingerprint density at radius 1 is 1.26 bits per heavy atom. The quantitative estimate of drug-likeness (QED) is 0.195. The number of carbonyl (C=O) groups is 1. The maximum Gasteiger partial charge on any atom is 0.253 e. The van der Waals surface area contributed by atoms with E-state index in [0.29, 0.717) is 23.8 Å². The molecule has 0 aliphatic rings. The number of hydrazone groups is 1. The van der Waals surface area contributed by atoms with Gasteiger partial charge in [0.25, 0.3) is 5.91 Å². The van der Waals surface area contributed by atoms with Crippen molar-refractivity contribution in [2.75, 3.05) is 5.32 Å². The molecule has 9 heteroatoms. The highest BCUT2D eigenvalue weighted by Gasteiger charge is 2.19. The number of amides is 1. The van der Waals surface area contributed by atoms with Gasteiger partial charge in [0, 0.05) is 12.2 Å². The Balaban J connectivity index is 1.60. The number of allylic oxidation sites excluding steroid dienone is 1. The van der Waals surface area contributed by atoms with Gasteiger partial charge in [-0.1, -0.05) is 48.2 Å². The van der Waals surface area contributed by atoms with Gasteiger partial charge in [-0.3, -0.25) is 4.79 Å². The number of nitrogens with zero attached hydrogens (tertiary/aromatic N) is 4. The van der Waals surface area contributed by atoms with Crippen molar-refractivity contribution in [3.05, 3.63) is 78.6 Å². The number of hydrogen-bond donors (Lipinski definition) is 3. The number of aromatic nitrogens is 3. The van der Waals surface area contributed by atoms with Crippen LogP contribution >= 0.6 is 11.8 Å². The highest BCUT2D eigenvalue weighted by atomic mass is 32.2. The van der Waals surface area contributed by atoms with Crippen LogP contribution < -0.4 is 10.7 Å². The molecule has 3 N–H and O–H groups in total. The van der Waals surface area contributed by atoms with E-state index in [9.17, 15) is 9.90 Å². The summed E-state index contributed by atoms with van der Waals surface area (Å²) in [5, 5.41) is 25.4. The summed E-state index contributed by atoms with van der Waals surface area (Å²) in [6.07, 6.45) is 3.24.